The summed E-state index contributed by atoms with van der Waals surface area (Å²) in [6.45, 7) is 6.32. The van der Waals surface area contributed by atoms with Gasteiger partial charge < -0.3 is 9.64 Å². The Labute approximate surface area is 175 Å². The van der Waals surface area contributed by atoms with Crippen LogP contribution < -0.4 is 9.64 Å². The fourth-order valence-corrected chi connectivity index (χ4v) is 3.68. The summed E-state index contributed by atoms with van der Waals surface area (Å²) in [6.07, 6.45) is 0.204. The van der Waals surface area contributed by atoms with Crippen molar-refractivity contribution in [2.75, 3.05) is 4.90 Å². The molecule has 0 aliphatic carbocycles. The van der Waals surface area contributed by atoms with E-state index in [2.05, 4.69) is 11.1 Å². The van der Waals surface area contributed by atoms with E-state index in [1.54, 1.807) is 23.1 Å². The Morgan fingerprint density at radius 2 is 2.00 bits per heavy atom. The first-order chi connectivity index (χ1) is 14.0. The minimum absolute atomic E-state index is 0.0283. The molecule has 0 spiro atoms. The highest BCUT2D eigenvalue weighted by Crippen LogP contribution is 2.21. The van der Waals surface area contributed by atoms with Gasteiger partial charge in [-0.3, -0.25) is 4.79 Å². The van der Waals surface area contributed by atoms with E-state index in [1.165, 1.54) is 16.9 Å². The number of hydrogen-bond donors (Lipinski definition) is 0. The molecule has 29 heavy (non-hydrogen) atoms. The van der Waals surface area contributed by atoms with Gasteiger partial charge in [-0.15, -0.1) is 11.3 Å². The van der Waals surface area contributed by atoms with Gasteiger partial charge in [0.2, 0.25) is 5.91 Å². The zero-order valence-corrected chi connectivity index (χ0v) is 17.6. The lowest BCUT2D eigenvalue weighted by molar-refractivity contribution is -0.118. The Morgan fingerprint density at radius 3 is 2.69 bits per heavy atom. The zero-order chi connectivity index (χ0) is 20.8. The highest BCUT2D eigenvalue weighted by atomic mass is 32.1. The average molecular weight is 406 g/mol. The summed E-state index contributed by atoms with van der Waals surface area (Å²) in [5, 5.41) is 11.9. The first kappa shape index (κ1) is 20.6. The number of hydrogen-bond acceptors (Lipinski definition) is 5. The summed E-state index contributed by atoms with van der Waals surface area (Å²) in [5.74, 6) is 0.748. The molecule has 3 aromatic rings. The molecule has 0 bridgehead atoms. The number of amides is 1. The Hall–Kier alpha value is -3.17. The summed E-state index contributed by atoms with van der Waals surface area (Å²) in [5.41, 5.74) is 3.17. The molecule has 6 heteroatoms. The molecule has 0 saturated heterocycles. The molecule has 0 aliphatic rings. The fraction of sp³-hybridized carbons (Fsp3) is 0.261. The second kappa shape index (κ2) is 9.35. The van der Waals surface area contributed by atoms with Crippen LogP contribution >= 0.6 is 11.3 Å². The summed E-state index contributed by atoms with van der Waals surface area (Å²) in [4.78, 5) is 19.2. The molecule has 0 unspecified atom stereocenters. The number of nitriles is 1. The molecule has 1 aromatic heterocycles. The molecule has 2 aromatic carbocycles. The number of aromatic nitrogens is 1. The van der Waals surface area contributed by atoms with Gasteiger partial charge in [-0.05, 0) is 51.1 Å². The maximum absolute atomic E-state index is 13.0. The third-order valence-electron chi connectivity index (χ3n) is 4.35. The lowest BCUT2D eigenvalue weighted by Gasteiger charge is -2.27. The Kier molecular flexibility index (Phi) is 6.63. The van der Waals surface area contributed by atoms with E-state index < -0.39 is 0 Å². The van der Waals surface area contributed by atoms with Crippen molar-refractivity contribution < 1.29 is 9.53 Å². The monoisotopic (exact) mass is 405 g/mol. The van der Waals surface area contributed by atoms with Crippen molar-refractivity contribution in [3.63, 3.8) is 0 Å². The molecule has 3 rings (SSSR count). The predicted molar refractivity (Wildman–Crippen MR) is 115 cm³/mol. The van der Waals surface area contributed by atoms with Crippen LogP contribution in [0.15, 0.2) is 53.9 Å². The Morgan fingerprint density at radius 1 is 1.24 bits per heavy atom. The predicted octanol–water partition coefficient (Wildman–Crippen LogP) is 4.89. The fourth-order valence-electron chi connectivity index (χ4n) is 2.97. The number of rotatable bonds is 7. The minimum Gasteiger partial charge on any atom is -0.486 e. The number of carbonyl (C=O) groups is 1. The van der Waals surface area contributed by atoms with Gasteiger partial charge in [0, 0.05) is 17.1 Å². The van der Waals surface area contributed by atoms with Gasteiger partial charge in [0.15, 0.2) is 0 Å². The van der Waals surface area contributed by atoms with Crippen LogP contribution in [0.4, 0.5) is 5.69 Å². The number of carbonyl (C=O) groups excluding carboxylic acids is 1. The Balaban J connectivity index is 1.66. The number of nitrogens with zero attached hydrogens (tertiary/aromatic N) is 3. The third kappa shape index (κ3) is 5.43. The van der Waals surface area contributed by atoms with Crippen molar-refractivity contribution in [3.8, 4) is 11.8 Å². The SMILES string of the molecule is Cc1ccc(OCc2nc(CC(=O)N(c3cccc(C#N)c3)C(C)C)cs2)cc1. The van der Waals surface area contributed by atoms with Crippen LogP contribution in [0.2, 0.25) is 0 Å². The van der Waals surface area contributed by atoms with Crippen LogP contribution in [0.1, 0.15) is 35.7 Å². The molecule has 1 heterocycles. The molecule has 0 aliphatic heterocycles. The highest BCUT2D eigenvalue weighted by Gasteiger charge is 2.21. The normalized spacial score (nSPS) is 10.6. The van der Waals surface area contributed by atoms with Crippen LogP contribution in [0, 0.1) is 18.3 Å². The van der Waals surface area contributed by atoms with Gasteiger partial charge in [0.25, 0.3) is 0 Å². The van der Waals surface area contributed by atoms with E-state index in [0.29, 0.717) is 12.2 Å². The topological polar surface area (TPSA) is 66.2 Å². The molecular weight excluding hydrogens is 382 g/mol. The lowest BCUT2D eigenvalue weighted by atomic mass is 10.1. The lowest BCUT2D eigenvalue weighted by Crippen LogP contribution is -2.38. The summed E-state index contributed by atoms with van der Waals surface area (Å²) >= 11 is 1.49. The van der Waals surface area contributed by atoms with Crippen molar-refractivity contribution >= 4 is 22.9 Å². The number of thiazole rings is 1. The molecule has 0 atom stereocenters. The van der Waals surface area contributed by atoms with Crippen LogP contribution in [0.25, 0.3) is 0 Å². The molecule has 0 N–H and O–H groups in total. The maximum Gasteiger partial charge on any atom is 0.233 e. The van der Waals surface area contributed by atoms with Crippen molar-refractivity contribution in [2.45, 2.75) is 39.8 Å². The van der Waals surface area contributed by atoms with Gasteiger partial charge in [-0.1, -0.05) is 23.8 Å². The quantitative estimate of drug-likeness (QED) is 0.561. The largest absolute Gasteiger partial charge is 0.486 e. The van der Waals surface area contributed by atoms with E-state index >= 15 is 0 Å². The standard InChI is InChI=1S/C23H23N3O2S/c1-16(2)26(20-6-4-5-18(11-20)13-24)23(27)12-19-15-29-22(25-19)14-28-21-9-7-17(3)8-10-21/h4-11,15-16H,12,14H2,1-3H3. The first-order valence-corrected chi connectivity index (χ1v) is 10.3. The summed E-state index contributed by atoms with van der Waals surface area (Å²) in [7, 11) is 0. The van der Waals surface area contributed by atoms with Gasteiger partial charge in [-0.25, -0.2) is 4.98 Å². The second-order valence-electron chi connectivity index (χ2n) is 7.03. The molecule has 148 valence electrons. The van der Waals surface area contributed by atoms with Crippen molar-refractivity contribution in [3.05, 3.63) is 75.7 Å². The molecule has 1 amide bonds. The number of anilines is 1. The van der Waals surface area contributed by atoms with E-state index in [9.17, 15) is 4.79 Å². The molecule has 0 fully saturated rings. The number of aryl methyl sites for hydroxylation is 1. The summed E-state index contributed by atoms with van der Waals surface area (Å²) in [6, 6.07) is 17.1. The third-order valence-corrected chi connectivity index (χ3v) is 5.22. The molecular formula is C23H23N3O2S. The van der Waals surface area contributed by atoms with E-state index in [4.69, 9.17) is 10.00 Å². The van der Waals surface area contributed by atoms with Crippen LogP contribution in [0.3, 0.4) is 0 Å². The number of ether oxygens (including phenoxy) is 1. The van der Waals surface area contributed by atoms with E-state index in [1.807, 2.05) is 56.5 Å². The molecule has 5 nitrogen and oxygen atoms in total. The number of benzene rings is 2. The van der Waals surface area contributed by atoms with Crippen molar-refractivity contribution in [1.82, 2.24) is 4.98 Å². The molecule has 0 saturated carbocycles. The van der Waals surface area contributed by atoms with Crippen LogP contribution in [-0.4, -0.2) is 16.9 Å². The minimum atomic E-state index is -0.0496. The Bertz CT molecular complexity index is 1020. The second-order valence-corrected chi connectivity index (χ2v) is 7.97. The van der Waals surface area contributed by atoms with Gasteiger partial charge in [-0.2, -0.15) is 5.26 Å². The van der Waals surface area contributed by atoms with Crippen LogP contribution in [0.5, 0.6) is 5.75 Å². The van der Waals surface area contributed by atoms with Gasteiger partial charge >= 0.3 is 0 Å². The zero-order valence-electron chi connectivity index (χ0n) is 16.8. The van der Waals surface area contributed by atoms with Gasteiger partial charge in [0.1, 0.15) is 17.4 Å². The summed E-state index contributed by atoms with van der Waals surface area (Å²) < 4.78 is 5.77. The first-order valence-electron chi connectivity index (χ1n) is 9.41. The van der Waals surface area contributed by atoms with Crippen molar-refractivity contribution in [1.29, 1.82) is 5.26 Å². The molecule has 0 radical (unpaired) electrons. The van der Waals surface area contributed by atoms with Crippen LogP contribution in [-0.2, 0) is 17.8 Å². The van der Waals surface area contributed by atoms with E-state index in [-0.39, 0.29) is 18.4 Å². The van der Waals surface area contributed by atoms with Gasteiger partial charge in [0.05, 0.1) is 23.7 Å². The highest BCUT2D eigenvalue weighted by molar-refractivity contribution is 7.09. The smallest absolute Gasteiger partial charge is 0.233 e. The average Bonchev–Trinajstić information content (AvgIpc) is 3.15. The van der Waals surface area contributed by atoms with Crippen molar-refractivity contribution in [2.24, 2.45) is 0 Å². The maximum atomic E-state index is 13.0. The van der Waals surface area contributed by atoms with E-state index in [0.717, 1.165) is 22.1 Å².